The standard InChI is InChI=1S/C21H25N3O/c1-16-14-21(2,3)24(23-16)19(17-10-6-4-7-11-17)15-22-20(25)18-12-8-5-9-13-18/h4-13,19H,14-15H2,1-3H3,(H,22,25)/t19-/m1/s1. The normalized spacial score (nSPS) is 17.1. The van der Waals surface area contributed by atoms with E-state index in [1.807, 2.05) is 48.5 Å². The fourth-order valence-electron chi connectivity index (χ4n) is 3.45. The van der Waals surface area contributed by atoms with Crippen molar-refractivity contribution in [2.45, 2.75) is 38.8 Å². The zero-order valence-corrected chi connectivity index (χ0v) is 15.1. The second-order valence-corrected chi connectivity index (χ2v) is 7.17. The number of carbonyl (C=O) groups is 1. The minimum Gasteiger partial charge on any atom is -0.350 e. The molecule has 130 valence electrons. The van der Waals surface area contributed by atoms with Crippen LogP contribution in [-0.2, 0) is 0 Å². The molecule has 1 amide bonds. The first-order valence-corrected chi connectivity index (χ1v) is 8.69. The van der Waals surface area contributed by atoms with E-state index in [1.54, 1.807) is 0 Å². The van der Waals surface area contributed by atoms with Crippen LogP contribution in [0.15, 0.2) is 65.8 Å². The van der Waals surface area contributed by atoms with Gasteiger partial charge in [-0.2, -0.15) is 5.10 Å². The molecule has 0 saturated carbocycles. The van der Waals surface area contributed by atoms with Gasteiger partial charge in [0.2, 0.25) is 0 Å². The lowest BCUT2D eigenvalue weighted by Crippen LogP contribution is -2.43. The van der Waals surface area contributed by atoms with Crippen LogP contribution in [0.1, 0.15) is 49.2 Å². The first kappa shape index (κ1) is 17.2. The molecule has 1 N–H and O–H groups in total. The summed E-state index contributed by atoms with van der Waals surface area (Å²) in [5, 5.41) is 9.99. The smallest absolute Gasteiger partial charge is 0.251 e. The van der Waals surface area contributed by atoms with Gasteiger partial charge >= 0.3 is 0 Å². The molecule has 1 aliphatic heterocycles. The van der Waals surface area contributed by atoms with Crippen molar-refractivity contribution in [1.82, 2.24) is 10.3 Å². The molecule has 1 atom stereocenters. The SMILES string of the molecule is CC1=NN([C@H](CNC(=O)c2ccccc2)c2ccccc2)C(C)(C)C1. The zero-order valence-electron chi connectivity index (χ0n) is 15.1. The molecule has 4 heteroatoms. The minimum atomic E-state index is -0.0674. The molecule has 2 aromatic rings. The van der Waals surface area contributed by atoms with Gasteiger partial charge in [-0.3, -0.25) is 9.80 Å². The molecule has 0 unspecified atom stereocenters. The Kier molecular flexibility index (Phi) is 4.88. The van der Waals surface area contributed by atoms with Crippen LogP contribution < -0.4 is 5.32 Å². The summed E-state index contributed by atoms with van der Waals surface area (Å²) >= 11 is 0. The molecular weight excluding hydrogens is 310 g/mol. The molecule has 0 radical (unpaired) electrons. The summed E-state index contributed by atoms with van der Waals surface area (Å²) in [6.07, 6.45) is 0.933. The Labute approximate surface area is 149 Å². The highest BCUT2D eigenvalue weighted by Gasteiger charge is 2.37. The maximum absolute atomic E-state index is 12.5. The van der Waals surface area contributed by atoms with Crippen LogP contribution in [0.25, 0.3) is 0 Å². The van der Waals surface area contributed by atoms with Crippen molar-refractivity contribution in [3.05, 3.63) is 71.8 Å². The fourth-order valence-corrected chi connectivity index (χ4v) is 3.45. The second-order valence-electron chi connectivity index (χ2n) is 7.17. The molecule has 0 bridgehead atoms. The molecule has 0 spiro atoms. The predicted molar refractivity (Wildman–Crippen MR) is 102 cm³/mol. The molecule has 2 aromatic carbocycles. The van der Waals surface area contributed by atoms with E-state index in [-0.39, 0.29) is 17.5 Å². The van der Waals surface area contributed by atoms with Crippen molar-refractivity contribution in [2.24, 2.45) is 5.10 Å². The van der Waals surface area contributed by atoms with E-state index in [9.17, 15) is 4.79 Å². The van der Waals surface area contributed by atoms with E-state index >= 15 is 0 Å². The molecule has 0 saturated heterocycles. The van der Waals surface area contributed by atoms with Crippen LogP contribution in [0.2, 0.25) is 0 Å². The second kappa shape index (κ2) is 7.09. The van der Waals surface area contributed by atoms with Crippen molar-refractivity contribution in [1.29, 1.82) is 0 Å². The van der Waals surface area contributed by atoms with Gasteiger partial charge in [-0.05, 0) is 38.5 Å². The van der Waals surface area contributed by atoms with Crippen LogP contribution in [0.3, 0.4) is 0 Å². The Morgan fingerprint density at radius 1 is 1.12 bits per heavy atom. The highest BCUT2D eigenvalue weighted by Crippen LogP contribution is 2.35. The van der Waals surface area contributed by atoms with Gasteiger partial charge in [0.1, 0.15) is 0 Å². The third-order valence-corrected chi connectivity index (χ3v) is 4.56. The maximum atomic E-state index is 12.5. The Hall–Kier alpha value is -2.62. The van der Waals surface area contributed by atoms with E-state index in [2.05, 4.69) is 43.2 Å². The fraction of sp³-hybridized carbons (Fsp3) is 0.333. The number of benzene rings is 2. The number of carbonyl (C=O) groups excluding carboxylic acids is 1. The van der Waals surface area contributed by atoms with E-state index in [1.165, 1.54) is 0 Å². The average Bonchev–Trinajstić information content (AvgIpc) is 2.89. The first-order chi connectivity index (χ1) is 12.0. The summed E-state index contributed by atoms with van der Waals surface area (Å²) in [5.74, 6) is -0.0563. The Morgan fingerprint density at radius 3 is 2.28 bits per heavy atom. The monoisotopic (exact) mass is 335 g/mol. The Morgan fingerprint density at radius 2 is 1.72 bits per heavy atom. The lowest BCUT2D eigenvalue weighted by molar-refractivity contribution is 0.0816. The van der Waals surface area contributed by atoms with Crippen LogP contribution in [0.4, 0.5) is 0 Å². The van der Waals surface area contributed by atoms with Crippen LogP contribution in [0.5, 0.6) is 0 Å². The van der Waals surface area contributed by atoms with Gasteiger partial charge in [-0.15, -0.1) is 0 Å². The van der Waals surface area contributed by atoms with Gasteiger partial charge in [0.25, 0.3) is 5.91 Å². The molecule has 1 heterocycles. The number of amides is 1. The third kappa shape index (κ3) is 3.90. The van der Waals surface area contributed by atoms with Gasteiger partial charge < -0.3 is 5.32 Å². The van der Waals surface area contributed by atoms with Crippen LogP contribution in [0, 0.1) is 0 Å². The largest absolute Gasteiger partial charge is 0.350 e. The van der Waals surface area contributed by atoms with E-state index in [4.69, 9.17) is 5.10 Å². The minimum absolute atomic E-state index is 0.00122. The first-order valence-electron chi connectivity index (χ1n) is 8.69. The summed E-state index contributed by atoms with van der Waals surface area (Å²) in [4.78, 5) is 12.5. The molecule has 0 aromatic heterocycles. The lowest BCUT2D eigenvalue weighted by atomic mass is 9.95. The zero-order chi connectivity index (χ0) is 17.9. The van der Waals surface area contributed by atoms with Gasteiger partial charge in [0.05, 0.1) is 11.6 Å². The number of hydrogen-bond donors (Lipinski definition) is 1. The lowest BCUT2D eigenvalue weighted by Gasteiger charge is -2.37. The van der Waals surface area contributed by atoms with Crippen molar-refractivity contribution in [3.8, 4) is 0 Å². The molecule has 3 rings (SSSR count). The topological polar surface area (TPSA) is 44.7 Å². The number of nitrogens with zero attached hydrogens (tertiary/aromatic N) is 2. The molecule has 0 fully saturated rings. The predicted octanol–water partition coefficient (Wildman–Crippen LogP) is 4.02. The van der Waals surface area contributed by atoms with Crippen LogP contribution >= 0.6 is 0 Å². The molecular formula is C21H25N3O. The quantitative estimate of drug-likeness (QED) is 0.897. The molecule has 1 aliphatic rings. The molecule has 4 nitrogen and oxygen atoms in total. The Balaban J connectivity index is 1.82. The van der Waals surface area contributed by atoms with Gasteiger partial charge in [-0.25, -0.2) is 0 Å². The summed E-state index contributed by atoms with van der Waals surface area (Å²) in [7, 11) is 0. The average molecular weight is 335 g/mol. The van der Waals surface area contributed by atoms with Crippen molar-refractivity contribution >= 4 is 11.6 Å². The number of rotatable bonds is 5. The van der Waals surface area contributed by atoms with Crippen molar-refractivity contribution in [3.63, 3.8) is 0 Å². The number of hydrogen-bond acceptors (Lipinski definition) is 3. The molecule has 0 aliphatic carbocycles. The number of hydrazone groups is 1. The van der Waals surface area contributed by atoms with Crippen molar-refractivity contribution in [2.75, 3.05) is 6.54 Å². The summed E-state index contributed by atoms with van der Waals surface area (Å²) in [6.45, 7) is 6.97. The maximum Gasteiger partial charge on any atom is 0.251 e. The molecule has 25 heavy (non-hydrogen) atoms. The third-order valence-electron chi connectivity index (χ3n) is 4.56. The summed E-state index contributed by atoms with van der Waals surface area (Å²) in [6, 6.07) is 19.6. The highest BCUT2D eigenvalue weighted by molar-refractivity contribution is 5.94. The van der Waals surface area contributed by atoms with Crippen LogP contribution in [-0.4, -0.2) is 28.7 Å². The highest BCUT2D eigenvalue weighted by atomic mass is 16.1. The summed E-state index contributed by atoms with van der Waals surface area (Å²) in [5.41, 5.74) is 2.89. The van der Waals surface area contributed by atoms with Gasteiger partial charge in [0.15, 0.2) is 0 Å². The van der Waals surface area contributed by atoms with E-state index in [0.717, 1.165) is 17.7 Å². The van der Waals surface area contributed by atoms with Gasteiger partial charge in [0, 0.05) is 24.2 Å². The Bertz CT molecular complexity index is 753. The van der Waals surface area contributed by atoms with Gasteiger partial charge in [-0.1, -0.05) is 48.5 Å². The summed E-state index contributed by atoms with van der Waals surface area (Å²) < 4.78 is 0. The van der Waals surface area contributed by atoms with Crippen molar-refractivity contribution < 1.29 is 4.79 Å². The van der Waals surface area contributed by atoms with E-state index in [0.29, 0.717) is 12.1 Å². The number of nitrogens with one attached hydrogen (secondary N) is 1. The van der Waals surface area contributed by atoms with E-state index < -0.39 is 0 Å².